The maximum atomic E-state index is 6.22. The Hall–Kier alpha value is -0.730. The number of aryl methyl sites for hydroxylation is 1. The molecule has 3 heteroatoms. The average Bonchev–Trinajstić information content (AvgIpc) is 2.31. The lowest BCUT2D eigenvalue weighted by Crippen LogP contribution is -2.45. The third-order valence-corrected chi connectivity index (χ3v) is 4.16. The number of nitrogens with one attached hydrogen (secondary N) is 1. The van der Waals surface area contributed by atoms with Crippen LogP contribution in [0.25, 0.3) is 0 Å². The Morgan fingerprint density at radius 1 is 1.39 bits per heavy atom. The van der Waals surface area contributed by atoms with Crippen molar-refractivity contribution in [2.75, 3.05) is 13.1 Å². The molecular weight excluding hydrogens is 246 g/mol. The Balaban J connectivity index is 1.98. The fourth-order valence-corrected chi connectivity index (χ4v) is 2.52. The van der Waals surface area contributed by atoms with Crippen LogP contribution in [0, 0.1) is 6.92 Å². The molecule has 0 aromatic heterocycles. The monoisotopic (exact) mass is 267 g/mol. The van der Waals surface area contributed by atoms with Crippen molar-refractivity contribution in [3.05, 3.63) is 28.8 Å². The normalized spacial score (nSPS) is 17.3. The number of hydrogen-bond donors (Lipinski definition) is 1. The molecule has 1 saturated carbocycles. The van der Waals surface area contributed by atoms with Gasteiger partial charge in [-0.25, -0.2) is 0 Å². The zero-order valence-corrected chi connectivity index (χ0v) is 12.0. The van der Waals surface area contributed by atoms with Crippen molar-refractivity contribution in [2.45, 2.75) is 45.1 Å². The van der Waals surface area contributed by atoms with Crippen LogP contribution in [0.2, 0.25) is 5.02 Å². The van der Waals surface area contributed by atoms with E-state index in [-0.39, 0.29) is 5.60 Å². The Kier molecular flexibility index (Phi) is 4.52. The second-order valence-corrected chi connectivity index (χ2v) is 5.56. The van der Waals surface area contributed by atoms with Crippen LogP contribution >= 0.6 is 11.6 Å². The van der Waals surface area contributed by atoms with Gasteiger partial charge in [-0.1, -0.05) is 18.5 Å². The summed E-state index contributed by atoms with van der Waals surface area (Å²) in [6.07, 6.45) is 4.70. The lowest BCUT2D eigenvalue weighted by molar-refractivity contribution is -0.0141. The molecule has 0 unspecified atom stereocenters. The molecular formula is C15H22ClNO. The Labute approximate surface area is 115 Å². The topological polar surface area (TPSA) is 21.3 Å². The summed E-state index contributed by atoms with van der Waals surface area (Å²) in [4.78, 5) is 0. The summed E-state index contributed by atoms with van der Waals surface area (Å²) < 4.78 is 6.22. The van der Waals surface area contributed by atoms with Crippen LogP contribution < -0.4 is 10.1 Å². The minimum atomic E-state index is 0.0580. The molecule has 1 fully saturated rings. The fourth-order valence-electron chi connectivity index (χ4n) is 2.40. The van der Waals surface area contributed by atoms with Crippen LogP contribution in [0.15, 0.2) is 18.2 Å². The van der Waals surface area contributed by atoms with E-state index in [9.17, 15) is 0 Å². The van der Waals surface area contributed by atoms with E-state index < -0.39 is 0 Å². The zero-order chi connectivity index (χ0) is 13.0. The van der Waals surface area contributed by atoms with Crippen LogP contribution in [0.4, 0.5) is 0 Å². The van der Waals surface area contributed by atoms with Gasteiger partial charge in [-0.3, -0.25) is 0 Å². The number of hydrogen-bond acceptors (Lipinski definition) is 2. The molecule has 18 heavy (non-hydrogen) atoms. The van der Waals surface area contributed by atoms with Gasteiger partial charge in [0.25, 0.3) is 0 Å². The first-order chi connectivity index (χ1) is 8.65. The number of ether oxygens (including phenoxy) is 1. The maximum Gasteiger partial charge on any atom is 0.120 e. The van der Waals surface area contributed by atoms with Gasteiger partial charge in [0.2, 0.25) is 0 Å². The van der Waals surface area contributed by atoms with Crippen molar-refractivity contribution >= 4 is 11.6 Å². The molecule has 1 aromatic rings. The van der Waals surface area contributed by atoms with Gasteiger partial charge in [-0.2, -0.15) is 0 Å². The van der Waals surface area contributed by atoms with Gasteiger partial charge in [0.15, 0.2) is 0 Å². The summed E-state index contributed by atoms with van der Waals surface area (Å²) in [6.45, 7) is 6.21. The summed E-state index contributed by atoms with van der Waals surface area (Å²) >= 11 is 6.04. The number of benzene rings is 1. The first kappa shape index (κ1) is 13.7. The summed E-state index contributed by atoms with van der Waals surface area (Å²) in [5, 5.41) is 4.18. The average molecular weight is 268 g/mol. The van der Waals surface area contributed by atoms with Gasteiger partial charge < -0.3 is 10.1 Å². The van der Waals surface area contributed by atoms with E-state index >= 15 is 0 Å². The standard InChI is InChI=1S/C15H22ClNO/c1-3-17-10-9-15(7-4-8-15)18-13-5-6-14(16)12(2)11-13/h5-6,11,17H,3-4,7-10H2,1-2H3. The van der Waals surface area contributed by atoms with Crippen molar-refractivity contribution in [1.29, 1.82) is 0 Å². The van der Waals surface area contributed by atoms with Gasteiger partial charge in [0, 0.05) is 5.02 Å². The molecule has 0 aliphatic heterocycles. The highest BCUT2D eigenvalue weighted by Crippen LogP contribution is 2.39. The first-order valence-electron chi connectivity index (χ1n) is 6.81. The van der Waals surface area contributed by atoms with E-state index in [1.165, 1.54) is 19.3 Å². The van der Waals surface area contributed by atoms with Crippen molar-refractivity contribution in [1.82, 2.24) is 5.32 Å². The van der Waals surface area contributed by atoms with E-state index in [1.807, 2.05) is 25.1 Å². The highest BCUT2D eigenvalue weighted by Gasteiger charge is 2.38. The molecule has 0 bridgehead atoms. The predicted octanol–water partition coefficient (Wildman–Crippen LogP) is 3.95. The van der Waals surface area contributed by atoms with Gasteiger partial charge in [0.05, 0.1) is 0 Å². The van der Waals surface area contributed by atoms with E-state index in [2.05, 4.69) is 12.2 Å². The maximum absolute atomic E-state index is 6.22. The van der Waals surface area contributed by atoms with Gasteiger partial charge >= 0.3 is 0 Å². The second kappa shape index (κ2) is 5.94. The molecule has 100 valence electrons. The molecule has 2 rings (SSSR count). The summed E-state index contributed by atoms with van der Waals surface area (Å²) in [7, 11) is 0. The molecule has 0 amide bonds. The predicted molar refractivity (Wildman–Crippen MR) is 76.6 cm³/mol. The van der Waals surface area contributed by atoms with Crippen LogP contribution in [-0.4, -0.2) is 18.7 Å². The smallest absolute Gasteiger partial charge is 0.120 e. The molecule has 1 aliphatic rings. The third-order valence-electron chi connectivity index (χ3n) is 3.74. The van der Waals surface area contributed by atoms with Crippen molar-refractivity contribution in [3.8, 4) is 5.75 Å². The molecule has 0 radical (unpaired) electrons. The van der Waals surface area contributed by atoms with Gasteiger partial charge in [-0.15, -0.1) is 0 Å². The van der Waals surface area contributed by atoms with E-state index in [4.69, 9.17) is 16.3 Å². The van der Waals surface area contributed by atoms with Crippen LogP contribution in [0.1, 0.15) is 38.2 Å². The Morgan fingerprint density at radius 2 is 2.17 bits per heavy atom. The molecule has 1 N–H and O–H groups in total. The van der Waals surface area contributed by atoms with E-state index in [1.54, 1.807) is 0 Å². The third kappa shape index (κ3) is 3.18. The molecule has 0 atom stereocenters. The second-order valence-electron chi connectivity index (χ2n) is 5.15. The van der Waals surface area contributed by atoms with E-state index in [0.29, 0.717) is 0 Å². The van der Waals surface area contributed by atoms with Gasteiger partial charge in [-0.05, 0) is 69.5 Å². The molecule has 0 heterocycles. The molecule has 1 aromatic carbocycles. The van der Waals surface area contributed by atoms with Crippen LogP contribution in [0.3, 0.4) is 0 Å². The zero-order valence-electron chi connectivity index (χ0n) is 11.3. The van der Waals surface area contributed by atoms with Crippen LogP contribution in [-0.2, 0) is 0 Å². The van der Waals surface area contributed by atoms with Crippen molar-refractivity contribution in [2.24, 2.45) is 0 Å². The SMILES string of the molecule is CCNCCC1(Oc2ccc(Cl)c(C)c2)CCC1. The molecule has 0 saturated heterocycles. The minimum Gasteiger partial charge on any atom is -0.487 e. The summed E-state index contributed by atoms with van der Waals surface area (Å²) in [6, 6.07) is 5.93. The lowest BCUT2D eigenvalue weighted by atomic mass is 9.77. The highest BCUT2D eigenvalue weighted by molar-refractivity contribution is 6.31. The Morgan fingerprint density at radius 3 is 2.72 bits per heavy atom. The quantitative estimate of drug-likeness (QED) is 0.788. The number of rotatable bonds is 6. The summed E-state index contributed by atoms with van der Waals surface area (Å²) in [5.74, 6) is 0.952. The van der Waals surface area contributed by atoms with Gasteiger partial charge in [0.1, 0.15) is 11.4 Å². The number of halogens is 1. The van der Waals surface area contributed by atoms with E-state index in [0.717, 1.165) is 35.8 Å². The largest absolute Gasteiger partial charge is 0.487 e. The molecule has 0 spiro atoms. The van der Waals surface area contributed by atoms with Crippen LogP contribution in [0.5, 0.6) is 5.75 Å². The minimum absolute atomic E-state index is 0.0580. The molecule has 2 nitrogen and oxygen atoms in total. The van der Waals surface area contributed by atoms with Crippen molar-refractivity contribution in [3.63, 3.8) is 0 Å². The van der Waals surface area contributed by atoms with Crippen molar-refractivity contribution < 1.29 is 4.74 Å². The fraction of sp³-hybridized carbons (Fsp3) is 0.600. The summed E-state index contributed by atoms with van der Waals surface area (Å²) in [5.41, 5.74) is 1.14. The molecule has 1 aliphatic carbocycles. The Bertz CT molecular complexity index is 401. The first-order valence-corrected chi connectivity index (χ1v) is 7.19. The highest BCUT2D eigenvalue weighted by atomic mass is 35.5. The lowest BCUT2D eigenvalue weighted by Gasteiger charge is -2.42.